The number of likely N-dealkylation sites (tertiary alicyclic amines) is 1. The SMILES string of the molecule is CC1(C)CCN(Cc2c(CN)sc3ccccc23)CC1. The van der Waals surface area contributed by atoms with Gasteiger partial charge in [0.25, 0.3) is 0 Å². The van der Waals surface area contributed by atoms with Crippen LogP contribution in [0.15, 0.2) is 24.3 Å². The fraction of sp³-hybridized carbons (Fsp3) is 0.529. The Morgan fingerprint density at radius 3 is 2.60 bits per heavy atom. The fourth-order valence-electron chi connectivity index (χ4n) is 3.03. The summed E-state index contributed by atoms with van der Waals surface area (Å²) < 4.78 is 1.38. The smallest absolute Gasteiger partial charge is 0.0349 e. The van der Waals surface area contributed by atoms with Crippen molar-refractivity contribution in [1.82, 2.24) is 4.90 Å². The number of benzene rings is 1. The van der Waals surface area contributed by atoms with Crippen LogP contribution < -0.4 is 5.73 Å². The third-order valence-corrected chi connectivity index (χ3v) is 5.79. The molecule has 0 spiro atoms. The van der Waals surface area contributed by atoms with Crippen molar-refractivity contribution in [2.45, 2.75) is 39.8 Å². The Labute approximate surface area is 125 Å². The number of fused-ring (bicyclic) bond motifs is 1. The second-order valence-electron chi connectivity index (χ2n) is 6.64. The van der Waals surface area contributed by atoms with Gasteiger partial charge in [-0.3, -0.25) is 4.90 Å². The van der Waals surface area contributed by atoms with Crippen molar-refractivity contribution >= 4 is 21.4 Å². The summed E-state index contributed by atoms with van der Waals surface area (Å²) in [7, 11) is 0. The van der Waals surface area contributed by atoms with Crippen LogP contribution >= 0.6 is 11.3 Å². The summed E-state index contributed by atoms with van der Waals surface area (Å²) in [4.78, 5) is 3.95. The van der Waals surface area contributed by atoms with E-state index in [0.29, 0.717) is 12.0 Å². The van der Waals surface area contributed by atoms with Gasteiger partial charge >= 0.3 is 0 Å². The molecular weight excluding hydrogens is 264 g/mol. The zero-order valence-electron chi connectivity index (χ0n) is 12.5. The van der Waals surface area contributed by atoms with Crippen molar-refractivity contribution in [2.24, 2.45) is 11.1 Å². The fourth-order valence-corrected chi connectivity index (χ4v) is 4.12. The predicted molar refractivity (Wildman–Crippen MR) is 88.0 cm³/mol. The average Bonchev–Trinajstić information content (AvgIpc) is 2.79. The zero-order chi connectivity index (χ0) is 14.2. The lowest BCUT2D eigenvalue weighted by molar-refractivity contribution is 0.127. The number of nitrogens with two attached hydrogens (primary N) is 1. The Morgan fingerprint density at radius 2 is 1.90 bits per heavy atom. The molecule has 0 bridgehead atoms. The Bertz CT molecular complexity index is 590. The Kier molecular flexibility index (Phi) is 3.85. The number of hydrogen-bond acceptors (Lipinski definition) is 3. The summed E-state index contributed by atoms with van der Waals surface area (Å²) in [6.45, 7) is 8.91. The van der Waals surface area contributed by atoms with E-state index in [0.717, 1.165) is 6.54 Å². The van der Waals surface area contributed by atoms with Gasteiger partial charge in [0.2, 0.25) is 0 Å². The molecule has 108 valence electrons. The lowest BCUT2D eigenvalue weighted by atomic mass is 9.82. The highest BCUT2D eigenvalue weighted by Gasteiger charge is 2.26. The first kappa shape index (κ1) is 14.1. The van der Waals surface area contributed by atoms with Crippen molar-refractivity contribution in [3.8, 4) is 0 Å². The summed E-state index contributed by atoms with van der Waals surface area (Å²) >= 11 is 1.86. The van der Waals surface area contributed by atoms with Crippen molar-refractivity contribution in [3.63, 3.8) is 0 Å². The van der Waals surface area contributed by atoms with E-state index in [9.17, 15) is 0 Å². The molecule has 20 heavy (non-hydrogen) atoms. The molecule has 3 rings (SSSR count). The topological polar surface area (TPSA) is 29.3 Å². The molecule has 1 aliphatic rings. The van der Waals surface area contributed by atoms with E-state index in [-0.39, 0.29) is 0 Å². The van der Waals surface area contributed by atoms with Crippen molar-refractivity contribution in [3.05, 3.63) is 34.7 Å². The molecule has 1 saturated heterocycles. The van der Waals surface area contributed by atoms with Gasteiger partial charge in [-0.15, -0.1) is 11.3 Å². The highest BCUT2D eigenvalue weighted by Crippen LogP contribution is 2.34. The maximum absolute atomic E-state index is 5.95. The van der Waals surface area contributed by atoms with Crippen molar-refractivity contribution < 1.29 is 0 Å². The van der Waals surface area contributed by atoms with Gasteiger partial charge in [-0.05, 0) is 48.4 Å². The van der Waals surface area contributed by atoms with Crippen LogP contribution in [-0.2, 0) is 13.1 Å². The summed E-state index contributed by atoms with van der Waals surface area (Å²) in [5.74, 6) is 0. The van der Waals surface area contributed by atoms with Gasteiger partial charge in [-0.1, -0.05) is 32.0 Å². The van der Waals surface area contributed by atoms with Crippen LogP contribution in [0.25, 0.3) is 10.1 Å². The molecule has 2 N–H and O–H groups in total. The lowest BCUT2D eigenvalue weighted by Crippen LogP contribution is -2.36. The molecule has 0 atom stereocenters. The Hall–Kier alpha value is -0.900. The summed E-state index contributed by atoms with van der Waals surface area (Å²) in [5.41, 5.74) is 7.94. The predicted octanol–water partition coefficient (Wildman–Crippen LogP) is 3.98. The number of rotatable bonds is 3. The van der Waals surface area contributed by atoms with Crippen molar-refractivity contribution in [2.75, 3.05) is 13.1 Å². The van der Waals surface area contributed by atoms with Crippen LogP contribution in [0.1, 0.15) is 37.1 Å². The van der Waals surface area contributed by atoms with E-state index in [4.69, 9.17) is 5.73 Å². The van der Waals surface area contributed by atoms with E-state index in [1.165, 1.54) is 46.5 Å². The quantitative estimate of drug-likeness (QED) is 0.925. The average molecular weight is 288 g/mol. The minimum atomic E-state index is 0.518. The monoisotopic (exact) mass is 288 g/mol. The maximum atomic E-state index is 5.95. The lowest BCUT2D eigenvalue weighted by Gasteiger charge is -2.37. The van der Waals surface area contributed by atoms with Gasteiger partial charge in [-0.2, -0.15) is 0 Å². The first-order valence-corrected chi connectivity index (χ1v) is 8.32. The third kappa shape index (κ3) is 2.76. The molecule has 1 aromatic heterocycles. The van der Waals surface area contributed by atoms with Gasteiger partial charge in [0.1, 0.15) is 0 Å². The van der Waals surface area contributed by atoms with Crippen LogP contribution in [0.2, 0.25) is 0 Å². The Balaban J connectivity index is 1.83. The molecule has 1 aliphatic heterocycles. The van der Waals surface area contributed by atoms with Crippen LogP contribution in [0.3, 0.4) is 0 Å². The second kappa shape index (κ2) is 5.47. The molecule has 0 radical (unpaired) electrons. The largest absolute Gasteiger partial charge is 0.326 e. The zero-order valence-corrected chi connectivity index (χ0v) is 13.3. The third-order valence-electron chi connectivity index (χ3n) is 4.56. The van der Waals surface area contributed by atoms with E-state index in [1.807, 2.05) is 11.3 Å². The van der Waals surface area contributed by atoms with Crippen LogP contribution in [0.4, 0.5) is 0 Å². The van der Waals surface area contributed by atoms with E-state index >= 15 is 0 Å². The molecular formula is C17H24N2S. The van der Waals surface area contributed by atoms with Gasteiger partial charge in [0.05, 0.1) is 0 Å². The molecule has 3 heteroatoms. The summed E-state index contributed by atoms with van der Waals surface area (Å²) in [6.07, 6.45) is 2.60. The second-order valence-corrected chi connectivity index (χ2v) is 7.78. The van der Waals surface area contributed by atoms with Gasteiger partial charge in [-0.25, -0.2) is 0 Å². The van der Waals surface area contributed by atoms with Crippen LogP contribution in [0, 0.1) is 5.41 Å². The molecule has 2 aromatic rings. The summed E-state index contributed by atoms with van der Waals surface area (Å²) in [6, 6.07) is 8.71. The van der Waals surface area contributed by atoms with E-state index in [1.54, 1.807) is 0 Å². The minimum absolute atomic E-state index is 0.518. The number of nitrogens with zero attached hydrogens (tertiary/aromatic N) is 1. The molecule has 1 fully saturated rings. The van der Waals surface area contributed by atoms with Crippen LogP contribution in [-0.4, -0.2) is 18.0 Å². The standard InChI is InChI=1S/C17H24N2S/c1-17(2)7-9-19(10-8-17)12-14-13-5-3-4-6-15(13)20-16(14)11-18/h3-6H,7-12,18H2,1-2H3. The Morgan fingerprint density at radius 1 is 1.20 bits per heavy atom. The number of hydrogen-bond donors (Lipinski definition) is 1. The highest BCUT2D eigenvalue weighted by atomic mass is 32.1. The molecule has 0 unspecified atom stereocenters. The number of piperidine rings is 1. The van der Waals surface area contributed by atoms with Gasteiger partial charge < -0.3 is 5.73 Å². The first-order chi connectivity index (χ1) is 9.59. The van der Waals surface area contributed by atoms with Crippen molar-refractivity contribution in [1.29, 1.82) is 0 Å². The molecule has 2 heterocycles. The van der Waals surface area contributed by atoms with Gasteiger partial charge in [0, 0.05) is 22.7 Å². The molecule has 0 amide bonds. The van der Waals surface area contributed by atoms with E-state index in [2.05, 4.69) is 43.0 Å². The van der Waals surface area contributed by atoms with E-state index < -0.39 is 0 Å². The first-order valence-electron chi connectivity index (χ1n) is 7.51. The highest BCUT2D eigenvalue weighted by molar-refractivity contribution is 7.19. The van der Waals surface area contributed by atoms with Gasteiger partial charge in [0.15, 0.2) is 0 Å². The molecule has 1 aromatic carbocycles. The minimum Gasteiger partial charge on any atom is -0.326 e. The summed E-state index contributed by atoms with van der Waals surface area (Å²) in [5, 5.41) is 1.41. The maximum Gasteiger partial charge on any atom is 0.0349 e. The number of thiophene rings is 1. The normalized spacial score (nSPS) is 19.6. The molecule has 2 nitrogen and oxygen atoms in total. The molecule has 0 aliphatic carbocycles. The molecule has 0 saturated carbocycles. The van der Waals surface area contributed by atoms with Crippen LogP contribution in [0.5, 0.6) is 0 Å².